The molecule has 0 aromatic heterocycles. The fourth-order valence-corrected chi connectivity index (χ4v) is 1.54. The van der Waals surface area contributed by atoms with Gasteiger partial charge in [0, 0.05) is 16.1 Å². The molecular weight excluding hydrogens is 286 g/mol. The first-order chi connectivity index (χ1) is 8.02. The lowest BCUT2D eigenvalue weighted by Crippen LogP contribution is -2.23. The number of methoxy groups -OCH3 is 1. The summed E-state index contributed by atoms with van der Waals surface area (Å²) in [6.45, 7) is 0. The summed E-state index contributed by atoms with van der Waals surface area (Å²) in [6.07, 6.45) is 2.85. The molecule has 0 bridgehead atoms. The molecule has 1 rings (SSSR count). The quantitative estimate of drug-likeness (QED) is 0.499. The Morgan fingerprint density at radius 1 is 1.47 bits per heavy atom. The molecule has 0 spiro atoms. The number of amides is 1. The van der Waals surface area contributed by atoms with E-state index in [1.165, 1.54) is 6.08 Å². The maximum atomic E-state index is 11.2. The van der Waals surface area contributed by atoms with Gasteiger partial charge in [-0.05, 0) is 24.3 Å². The molecule has 0 atom stereocenters. The van der Waals surface area contributed by atoms with Crippen molar-refractivity contribution < 1.29 is 9.53 Å². The summed E-state index contributed by atoms with van der Waals surface area (Å²) in [5.74, 6) is -0.130. The lowest BCUT2D eigenvalue weighted by Gasteiger charge is -2.04. The summed E-state index contributed by atoms with van der Waals surface area (Å²) in [7, 11) is 1.55. The summed E-state index contributed by atoms with van der Waals surface area (Å²) in [6, 6.07) is 5.45. The zero-order valence-corrected chi connectivity index (χ0v) is 10.8. The van der Waals surface area contributed by atoms with Crippen LogP contribution in [0.15, 0.2) is 33.7 Å². The van der Waals surface area contributed by atoms with Crippen LogP contribution in [0.5, 0.6) is 5.75 Å². The lowest BCUT2D eigenvalue weighted by molar-refractivity contribution is -0.113. The van der Waals surface area contributed by atoms with Gasteiger partial charge in [0.05, 0.1) is 7.11 Å². The summed E-state index contributed by atoms with van der Waals surface area (Å²) in [5, 5.41) is 0. The number of nitrogens with zero attached hydrogens (tertiary/aromatic N) is 1. The van der Waals surface area contributed by atoms with Crippen molar-refractivity contribution in [3.05, 3.63) is 34.3 Å². The highest BCUT2D eigenvalue weighted by atomic mass is 79.9. The van der Waals surface area contributed by atoms with Crippen molar-refractivity contribution in [2.24, 2.45) is 16.5 Å². The van der Waals surface area contributed by atoms with E-state index in [1.54, 1.807) is 19.3 Å². The predicted octanol–water partition coefficient (Wildman–Crippen LogP) is 1.27. The monoisotopic (exact) mass is 297 g/mol. The van der Waals surface area contributed by atoms with E-state index in [4.69, 9.17) is 16.2 Å². The van der Waals surface area contributed by atoms with Gasteiger partial charge in [0.25, 0.3) is 5.91 Å². The van der Waals surface area contributed by atoms with Gasteiger partial charge in [0.2, 0.25) is 0 Å². The maximum absolute atomic E-state index is 11.2. The van der Waals surface area contributed by atoms with E-state index < -0.39 is 5.91 Å². The minimum atomic E-state index is -0.521. The molecule has 1 amide bonds. The zero-order valence-electron chi connectivity index (χ0n) is 9.18. The number of aliphatic imine (C=N–C) groups is 1. The van der Waals surface area contributed by atoms with Crippen molar-refractivity contribution in [1.29, 1.82) is 0 Å². The maximum Gasteiger partial charge on any atom is 0.272 e. The van der Waals surface area contributed by atoms with Crippen LogP contribution in [0.3, 0.4) is 0 Å². The predicted molar refractivity (Wildman–Crippen MR) is 70.5 cm³/mol. The van der Waals surface area contributed by atoms with Gasteiger partial charge in [0.15, 0.2) is 5.96 Å². The van der Waals surface area contributed by atoms with Gasteiger partial charge in [0.1, 0.15) is 5.75 Å². The second kappa shape index (κ2) is 6.05. The number of benzene rings is 1. The third-order valence-electron chi connectivity index (χ3n) is 1.84. The Hall–Kier alpha value is -1.82. The largest absolute Gasteiger partial charge is 0.496 e. The van der Waals surface area contributed by atoms with Crippen LogP contribution in [0.25, 0.3) is 6.08 Å². The van der Waals surface area contributed by atoms with Crippen LogP contribution in [0.2, 0.25) is 0 Å². The summed E-state index contributed by atoms with van der Waals surface area (Å²) >= 11 is 3.33. The van der Waals surface area contributed by atoms with Crippen molar-refractivity contribution in [3.8, 4) is 5.75 Å². The van der Waals surface area contributed by atoms with E-state index in [2.05, 4.69) is 20.9 Å². The number of halogens is 1. The molecular formula is C11H12BrN3O2. The average molecular weight is 298 g/mol. The molecule has 0 radical (unpaired) electrons. The Kier molecular flexibility index (Phi) is 4.71. The summed E-state index contributed by atoms with van der Waals surface area (Å²) in [5.41, 5.74) is 10.9. The van der Waals surface area contributed by atoms with Crippen molar-refractivity contribution >= 4 is 33.9 Å². The molecule has 1 aromatic carbocycles. The first-order valence-electron chi connectivity index (χ1n) is 4.68. The van der Waals surface area contributed by atoms with Crippen LogP contribution in [0.1, 0.15) is 5.56 Å². The molecule has 6 heteroatoms. The van der Waals surface area contributed by atoms with E-state index >= 15 is 0 Å². The number of ether oxygens (including phenoxy) is 1. The van der Waals surface area contributed by atoms with Crippen LogP contribution in [0.4, 0.5) is 0 Å². The normalized spacial score (nSPS) is 10.2. The highest BCUT2D eigenvalue weighted by Crippen LogP contribution is 2.24. The van der Waals surface area contributed by atoms with Crippen molar-refractivity contribution in [3.63, 3.8) is 0 Å². The highest BCUT2D eigenvalue weighted by Gasteiger charge is 2.01. The Morgan fingerprint density at radius 2 is 2.18 bits per heavy atom. The molecule has 0 saturated heterocycles. The Labute approximate surface area is 107 Å². The second-order valence-corrected chi connectivity index (χ2v) is 4.01. The number of hydrogen-bond acceptors (Lipinski definition) is 2. The fourth-order valence-electron chi connectivity index (χ4n) is 1.16. The number of guanidine groups is 1. The minimum Gasteiger partial charge on any atom is -0.496 e. The number of nitrogens with two attached hydrogens (primary N) is 2. The topological polar surface area (TPSA) is 90.7 Å². The molecule has 0 aliphatic heterocycles. The Balaban J connectivity index is 2.94. The van der Waals surface area contributed by atoms with E-state index in [9.17, 15) is 4.79 Å². The molecule has 4 N–H and O–H groups in total. The highest BCUT2D eigenvalue weighted by molar-refractivity contribution is 9.10. The lowest BCUT2D eigenvalue weighted by atomic mass is 10.2. The number of hydrogen-bond donors (Lipinski definition) is 2. The smallest absolute Gasteiger partial charge is 0.272 e. The second-order valence-electron chi connectivity index (χ2n) is 3.09. The van der Waals surface area contributed by atoms with Crippen LogP contribution in [-0.4, -0.2) is 19.0 Å². The van der Waals surface area contributed by atoms with Crippen LogP contribution >= 0.6 is 15.9 Å². The molecule has 0 fully saturated rings. The van der Waals surface area contributed by atoms with Gasteiger partial charge in [-0.2, -0.15) is 4.99 Å². The van der Waals surface area contributed by atoms with E-state index in [0.29, 0.717) is 5.75 Å². The van der Waals surface area contributed by atoms with Gasteiger partial charge in [-0.15, -0.1) is 0 Å². The third-order valence-corrected chi connectivity index (χ3v) is 2.33. The van der Waals surface area contributed by atoms with E-state index in [0.717, 1.165) is 10.0 Å². The molecule has 0 heterocycles. The zero-order chi connectivity index (χ0) is 12.8. The Bertz CT molecular complexity index is 480. The first kappa shape index (κ1) is 13.2. The van der Waals surface area contributed by atoms with Crippen molar-refractivity contribution in [2.75, 3.05) is 7.11 Å². The number of rotatable bonds is 3. The average Bonchev–Trinajstić information content (AvgIpc) is 2.25. The van der Waals surface area contributed by atoms with E-state index in [-0.39, 0.29) is 5.96 Å². The third kappa shape index (κ3) is 4.28. The van der Waals surface area contributed by atoms with Crippen molar-refractivity contribution in [1.82, 2.24) is 0 Å². The molecule has 17 heavy (non-hydrogen) atoms. The standard InChI is InChI=1S/C11H12BrN3O2/c1-17-9-4-3-8(12)6-7(9)2-5-10(16)15-11(13)14/h2-6H,1H3,(H4,13,14,15,16)/b5-2+. The van der Waals surface area contributed by atoms with Gasteiger partial charge < -0.3 is 16.2 Å². The van der Waals surface area contributed by atoms with Crippen LogP contribution in [-0.2, 0) is 4.79 Å². The van der Waals surface area contributed by atoms with Gasteiger partial charge >= 0.3 is 0 Å². The molecule has 90 valence electrons. The molecule has 0 aliphatic carbocycles. The number of carbonyl (C=O) groups is 1. The molecule has 0 unspecified atom stereocenters. The number of carbonyl (C=O) groups excluding carboxylic acids is 1. The summed E-state index contributed by atoms with van der Waals surface area (Å²) < 4.78 is 6.03. The SMILES string of the molecule is COc1ccc(Br)cc1/C=C/C(=O)N=C(N)N. The van der Waals surface area contributed by atoms with Gasteiger partial charge in [-0.1, -0.05) is 15.9 Å². The van der Waals surface area contributed by atoms with Gasteiger partial charge in [-0.25, -0.2) is 0 Å². The fraction of sp³-hybridized carbons (Fsp3) is 0.0909. The summed E-state index contributed by atoms with van der Waals surface area (Å²) in [4.78, 5) is 14.6. The minimum absolute atomic E-state index is 0.263. The molecule has 1 aromatic rings. The van der Waals surface area contributed by atoms with Crippen molar-refractivity contribution in [2.45, 2.75) is 0 Å². The van der Waals surface area contributed by atoms with E-state index in [1.807, 2.05) is 12.1 Å². The molecule has 0 saturated carbocycles. The Morgan fingerprint density at radius 3 is 2.76 bits per heavy atom. The molecule has 0 aliphatic rings. The van der Waals surface area contributed by atoms with Gasteiger partial charge in [-0.3, -0.25) is 4.79 Å². The molecule has 5 nitrogen and oxygen atoms in total. The van der Waals surface area contributed by atoms with Crippen LogP contribution < -0.4 is 16.2 Å². The first-order valence-corrected chi connectivity index (χ1v) is 5.47. The van der Waals surface area contributed by atoms with Crippen LogP contribution in [0, 0.1) is 0 Å².